The summed E-state index contributed by atoms with van der Waals surface area (Å²) in [7, 11) is 0. The standard InChI is InChI=1S/C4H10S2/c1-3(5)4(2)6/h3-6H,1-2H3. The molecule has 6 heavy (non-hydrogen) atoms. The van der Waals surface area contributed by atoms with E-state index in [4.69, 9.17) is 0 Å². The Kier molecular flexibility index (Phi) is 3.13. The van der Waals surface area contributed by atoms with Crippen LogP contribution in [-0.2, 0) is 0 Å². The van der Waals surface area contributed by atoms with Gasteiger partial charge in [-0.05, 0) is 0 Å². The van der Waals surface area contributed by atoms with Crippen molar-refractivity contribution in [3.63, 3.8) is 0 Å². The van der Waals surface area contributed by atoms with Crippen LogP contribution in [0.5, 0.6) is 0 Å². The summed E-state index contributed by atoms with van der Waals surface area (Å²) in [4.78, 5) is 0. The van der Waals surface area contributed by atoms with Crippen LogP contribution in [0.4, 0.5) is 0 Å². The van der Waals surface area contributed by atoms with Gasteiger partial charge in [-0.3, -0.25) is 0 Å². The fourth-order valence-electron chi connectivity index (χ4n) is 0. The molecule has 0 aliphatic heterocycles. The lowest BCUT2D eigenvalue weighted by molar-refractivity contribution is 0.941. The average molecular weight is 122 g/mol. The van der Waals surface area contributed by atoms with Crippen molar-refractivity contribution in [2.24, 2.45) is 0 Å². The number of thiol groups is 2. The quantitative estimate of drug-likeness (QED) is 0.485. The van der Waals surface area contributed by atoms with Crippen molar-refractivity contribution in [3.05, 3.63) is 0 Å². The van der Waals surface area contributed by atoms with Crippen LogP contribution in [0.15, 0.2) is 0 Å². The van der Waals surface area contributed by atoms with E-state index in [0.29, 0.717) is 10.5 Å². The van der Waals surface area contributed by atoms with Gasteiger partial charge in [0.25, 0.3) is 0 Å². The van der Waals surface area contributed by atoms with Crippen molar-refractivity contribution in [1.82, 2.24) is 0 Å². The van der Waals surface area contributed by atoms with Crippen molar-refractivity contribution >= 4 is 25.3 Å². The summed E-state index contributed by atoms with van der Waals surface area (Å²) < 4.78 is 0. The first-order valence-electron chi connectivity index (χ1n) is 2.00. The second-order valence-corrected chi connectivity index (χ2v) is 3.11. The molecule has 0 fully saturated rings. The van der Waals surface area contributed by atoms with E-state index in [2.05, 4.69) is 25.3 Å². The molecule has 0 aliphatic carbocycles. The van der Waals surface area contributed by atoms with Crippen LogP contribution in [-0.4, -0.2) is 10.5 Å². The van der Waals surface area contributed by atoms with Crippen LogP contribution in [0.2, 0.25) is 0 Å². The van der Waals surface area contributed by atoms with E-state index in [1.54, 1.807) is 0 Å². The molecule has 0 aromatic heterocycles. The van der Waals surface area contributed by atoms with Crippen LogP contribution in [0.3, 0.4) is 0 Å². The van der Waals surface area contributed by atoms with Crippen molar-refractivity contribution in [2.45, 2.75) is 24.3 Å². The van der Waals surface area contributed by atoms with E-state index >= 15 is 0 Å². The lowest BCUT2D eigenvalue weighted by atomic mass is 10.4. The Morgan fingerprint density at radius 3 is 1.17 bits per heavy atom. The summed E-state index contributed by atoms with van der Waals surface area (Å²) in [6.45, 7) is 4.06. The first kappa shape index (κ1) is 6.70. The Hall–Kier alpha value is 0.700. The van der Waals surface area contributed by atoms with Crippen LogP contribution in [0.1, 0.15) is 13.8 Å². The molecule has 0 amide bonds. The molecule has 0 radical (unpaired) electrons. The largest absolute Gasteiger partial charge is 0.175 e. The van der Waals surface area contributed by atoms with Crippen LogP contribution in [0, 0.1) is 0 Å². The Labute approximate surface area is 50.1 Å². The minimum absolute atomic E-state index is 0.410. The van der Waals surface area contributed by atoms with Gasteiger partial charge in [0.05, 0.1) is 0 Å². The third-order valence-corrected chi connectivity index (χ3v) is 1.83. The highest BCUT2D eigenvalue weighted by atomic mass is 32.1. The number of rotatable bonds is 1. The normalized spacial score (nSPS) is 20.0. The maximum absolute atomic E-state index is 4.12. The van der Waals surface area contributed by atoms with Gasteiger partial charge in [-0.25, -0.2) is 0 Å². The molecule has 0 aromatic carbocycles. The van der Waals surface area contributed by atoms with Gasteiger partial charge in [-0.15, -0.1) is 0 Å². The van der Waals surface area contributed by atoms with Crippen LogP contribution >= 0.6 is 25.3 Å². The third kappa shape index (κ3) is 2.91. The summed E-state index contributed by atoms with van der Waals surface area (Å²) >= 11 is 8.23. The lowest BCUT2D eigenvalue weighted by Crippen LogP contribution is -2.04. The first-order valence-corrected chi connectivity index (χ1v) is 3.04. The SMILES string of the molecule is CC(S)C(C)S. The van der Waals surface area contributed by atoms with E-state index < -0.39 is 0 Å². The molecule has 0 saturated carbocycles. The highest BCUT2D eigenvalue weighted by molar-refractivity contribution is 7.85. The van der Waals surface area contributed by atoms with Gasteiger partial charge in [-0.1, -0.05) is 13.8 Å². The molecule has 2 heteroatoms. The molecule has 0 heterocycles. The van der Waals surface area contributed by atoms with Crippen molar-refractivity contribution in [2.75, 3.05) is 0 Å². The number of hydrogen-bond acceptors (Lipinski definition) is 2. The van der Waals surface area contributed by atoms with Gasteiger partial charge < -0.3 is 0 Å². The Balaban J connectivity index is 2.99. The zero-order valence-electron chi connectivity index (χ0n) is 4.05. The molecule has 0 N–H and O–H groups in total. The van der Waals surface area contributed by atoms with Gasteiger partial charge in [0, 0.05) is 10.5 Å². The molecule has 0 saturated heterocycles. The van der Waals surface area contributed by atoms with E-state index in [1.807, 2.05) is 13.8 Å². The summed E-state index contributed by atoms with van der Waals surface area (Å²) in [6, 6.07) is 0. The molecule has 0 aromatic rings. The van der Waals surface area contributed by atoms with Crippen molar-refractivity contribution in [3.8, 4) is 0 Å². The molecule has 0 bridgehead atoms. The van der Waals surface area contributed by atoms with Crippen molar-refractivity contribution in [1.29, 1.82) is 0 Å². The molecular formula is C4H10S2. The van der Waals surface area contributed by atoms with Crippen LogP contribution in [0.25, 0.3) is 0 Å². The zero-order valence-corrected chi connectivity index (χ0v) is 5.84. The fourth-order valence-corrected chi connectivity index (χ4v) is 0. The summed E-state index contributed by atoms with van der Waals surface area (Å²) in [5, 5.41) is 0.821. The van der Waals surface area contributed by atoms with Gasteiger partial charge in [0.2, 0.25) is 0 Å². The topological polar surface area (TPSA) is 0 Å². The van der Waals surface area contributed by atoms with Gasteiger partial charge in [-0.2, -0.15) is 25.3 Å². The molecule has 2 atom stereocenters. The minimum Gasteiger partial charge on any atom is -0.175 e. The summed E-state index contributed by atoms with van der Waals surface area (Å²) in [6.07, 6.45) is 0. The fraction of sp³-hybridized carbons (Fsp3) is 1.00. The lowest BCUT2D eigenvalue weighted by Gasteiger charge is -2.03. The van der Waals surface area contributed by atoms with Gasteiger partial charge in [0.15, 0.2) is 0 Å². The van der Waals surface area contributed by atoms with E-state index in [9.17, 15) is 0 Å². The second kappa shape index (κ2) is 2.80. The van der Waals surface area contributed by atoms with Gasteiger partial charge in [0.1, 0.15) is 0 Å². The smallest absolute Gasteiger partial charge is 0.0102 e. The maximum atomic E-state index is 4.12. The molecule has 38 valence electrons. The minimum atomic E-state index is 0.410. The molecule has 2 unspecified atom stereocenters. The molecule has 0 rings (SSSR count). The highest BCUT2D eigenvalue weighted by Gasteiger charge is 1.97. The molecular weight excluding hydrogens is 112 g/mol. The Morgan fingerprint density at radius 2 is 1.17 bits per heavy atom. The second-order valence-electron chi connectivity index (χ2n) is 1.48. The molecule has 0 nitrogen and oxygen atoms in total. The number of hydrogen-bond donors (Lipinski definition) is 2. The van der Waals surface area contributed by atoms with E-state index in [0.717, 1.165) is 0 Å². The van der Waals surface area contributed by atoms with Crippen molar-refractivity contribution < 1.29 is 0 Å². The third-order valence-electron chi connectivity index (χ3n) is 0.698. The molecule has 0 aliphatic rings. The summed E-state index contributed by atoms with van der Waals surface area (Å²) in [5.41, 5.74) is 0. The first-order chi connectivity index (χ1) is 2.64. The molecule has 0 spiro atoms. The Bertz CT molecular complexity index is 26.5. The summed E-state index contributed by atoms with van der Waals surface area (Å²) in [5.74, 6) is 0. The predicted molar refractivity (Wildman–Crippen MR) is 36.9 cm³/mol. The van der Waals surface area contributed by atoms with E-state index in [1.165, 1.54) is 0 Å². The highest BCUT2D eigenvalue weighted by Crippen LogP contribution is 2.04. The van der Waals surface area contributed by atoms with Crippen LogP contribution < -0.4 is 0 Å². The monoisotopic (exact) mass is 122 g/mol. The predicted octanol–water partition coefficient (Wildman–Crippen LogP) is 1.62. The van der Waals surface area contributed by atoms with Gasteiger partial charge >= 0.3 is 0 Å². The maximum Gasteiger partial charge on any atom is 0.0102 e. The Morgan fingerprint density at radius 1 is 1.00 bits per heavy atom. The zero-order chi connectivity index (χ0) is 5.15. The van der Waals surface area contributed by atoms with E-state index in [-0.39, 0.29) is 0 Å². The average Bonchev–Trinajstić information content (AvgIpc) is 1.36.